The molecule has 0 bridgehead atoms. The van der Waals surface area contributed by atoms with Gasteiger partial charge in [0.2, 0.25) is 11.9 Å². The van der Waals surface area contributed by atoms with Crippen LogP contribution in [0.1, 0.15) is 18.5 Å². The molecule has 0 spiro atoms. The number of hydrogen-bond donors (Lipinski definition) is 2. The van der Waals surface area contributed by atoms with E-state index in [1.165, 1.54) is 18.3 Å². The summed E-state index contributed by atoms with van der Waals surface area (Å²) in [6.45, 7) is 1.22. The number of halogens is 3. The highest BCUT2D eigenvalue weighted by Gasteiger charge is 2.35. The molecule has 29 heavy (non-hydrogen) atoms. The van der Waals surface area contributed by atoms with Gasteiger partial charge in [-0.15, -0.1) is 0 Å². The van der Waals surface area contributed by atoms with E-state index in [1.807, 2.05) is 4.90 Å². The first-order valence-electron chi connectivity index (χ1n) is 8.78. The molecule has 0 aromatic carbocycles. The van der Waals surface area contributed by atoms with Gasteiger partial charge in [0, 0.05) is 30.1 Å². The van der Waals surface area contributed by atoms with E-state index in [0.717, 1.165) is 18.0 Å². The first kappa shape index (κ1) is 19.4. The van der Waals surface area contributed by atoms with E-state index in [9.17, 15) is 18.0 Å². The molecule has 3 aromatic rings. The number of imidazole rings is 1. The van der Waals surface area contributed by atoms with Crippen LogP contribution in [0.3, 0.4) is 0 Å². The normalized spacial score (nSPS) is 15.8. The third-order valence-electron chi connectivity index (χ3n) is 4.62. The van der Waals surface area contributed by atoms with Crippen molar-refractivity contribution in [2.45, 2.75) is 28.9 Å². The van der Waals surface area contributed by atoms with Crippen LogP contribution in [0.25, 0.3) is 11.3 Å². The molecule has 1 aliphatic heterocycles. The fourth-order valence-electron chi connectivity index (χ4n) is 3.14. The number of piperidine rings is 1. The molecule has 0 unspecified atom stereocenters. The molecule has 0 radical (unpaired) electrons. The minimum absolute atomic E-state index is 0.0575. The second-order valence-corrected chi connectivity index (χ2v) is 7.62. The standard InChI is InChI=1S/C17H16F3N7OS/c18-17(19,20)12-10(2-1-5-22-12)29-11-8-23-14-15(24-11)26-16(25-14)27-6-3-9(4-7-27)13(21)28/h1-2,5,8-9H,3-4,6-7H2,(H2,21,28)(H,23,24,25,26). The summed E-state index contributed by atoms with van der Waals surface area (Å²) >= 11 is 0.829. The Morgan fingerprint density at radius 1 is 1.24 bits per heavy atom. The fourth-order valence-corrected chi connectivity index (χ4v) is 4.01. The topological polar surface area (TPSA) is 114 Å². The average molecular weight is 423 g/mol. The van der Waals surface area contributed by atoms with Crippen LogP contribution in [0.5, 0.6) is 0 Å². The van der Waals surface area contributed by atoms with Gasteiger partial charge in [0.1, 0.15) is 5.03 Å². The van der Waals surface area contributed by atoms with Crippen LogP contribution in [0, 0.1) is 5.92 Å². The maximum absolute atomic E-state index is 13.1. The van der Waals surface area contributed by atoms with E-state index in [2.05, 4.69) is 24.9 Å². The highest BCUT2D eigenvalue weighted by atomic mass is 32.2. The number of H-pyrrole nitrogens is 1. The maximum Gasteiger partial charge on any atom is 0.434 e. The highest BCUT2D eigenvalue weighted by Crippen LogP contribution is 2.37. The average Bonchev–Trinajstić information content (AvgIpc) is 3.11. The lowest BCUT2D eigenvalue weighted by Gasteiger charge is -2.29. The molecule has 3 N–H and O–H groups in total. The number of nitrogens with zero attached hydrogens (tertiary/aromatic N) is 5. The Morgan fingerprint density at radius 3 is 2.69 bits per heavy atom. The molecule has 12 heteroatoms. The monoisotopic (exact) mass is 423 g/mol. The van der Waals surface area contributed by atoms with Crippen molar-refractivity contribution in [2.24, 2.45) is 11.7 Å². The quantitative estimate of drug-likeness (QED) is 0.663. The van der Waals surface area contributed by atoms with Gasteiger partial charge in [-0.25, -0.2) is 9.97 Å². The Balaban J connectivity index is 1.55. The Bertz CT molecular complexity index is 1050. The van der Waals surface area contributed by atoms with Crippen LogP contribution in [-0.4, -0.2) is 43.9 Å². The summed E-state index contributed by atoms with van der Waals surface area (Å²) in [5.74, 6) is 0.118. The molecule has 8 nitrogen and oxygen atoms in total. The van der Waals surface area contributed by atoms with Gasteiger partial charge < -0.3 is 15.6 Å². The summed E-state index contributed by atoms with van der Waals surface area (Å²) in [5, 5.41) is 0.279. The number of fused-ring (bicyclic) bond motifs is 1. The summed E-state index contributed by atoms with van der Waals surface area (Å²) in [6, 6.07) is 2.77. The van der Waals surface area contributed by atoms with Crippen molar-refractivity contribution >= 4 is 34.9 Å². The van der Waals surface area contributed by atoms with Gasteiger partial charge in [0.15, 0.2) is 17.0 Å². The van der Waals surface area contributed by atoms with Gasteiger partial charge in [-0.1, -0.05) is 11.8 Å². The second-order valence-electron chi connectivity index (χ2n) is 6.55. The number of alkyl halides is 3. The summed E-state index contributed by atoms with van der Waals surface area (Å²) in [6.07, 6.45) is -0.798. The predicted octanol–water partition coefficient (Wildman–Crippen LogP) is 2.62. The Hall–Kier alpha value is -2.89. The summed E-state index contributed by atoms with van der Waals surface area (Å²) in [4.78, 5) is 32.7. The number of anilines is 1. The van der Waals surface area contributed by atoms with Crippen molar-refractivity contribution in [2.75, 3.05) is 18.0 Å². The zero-order valence-electron chi connectivity index (χ0n) is 15.0. The number of carbonyl (C=O) groups is 1. The smallest absolute Gasteiger partial charge is 0.369 e. The third-order valence-corrected chi connectivity index (χ3v) is 5.58. The molecule has 0 aliphatic carbocycles. The van der Waals surface area contributed by atoms with Crippen molar-refractivity contribution in [3.8, 4) is 0 Å². The fraction of sp³-hybridized carbons (Fsp3) is 0.353. The number of pyridine rings is 1. The van der Waals surface area contributed by atoms with Crippen LogP contribution in [0.2, 0.25) is 0 Å². The van der Waals surface area contributed by atoms with Gasteiger partial charge in [0.25, 0.3) is 0 Å². The lowest BCUT2D eigenvalue weighted by Crippen LogP contribution is -2.39. The lowest BCUT2D eigenvalue weighted by molar-refractivity contribution is -0.143. The van der Waals surface area contributed by atoms with E-state index < -0.39 is 11.9 Å². The molecular weight excluding hydrogens is 407 g/mol. The van der Waals surface area contributed by atoms with Crippen LogP contribution in [0.15, 0.2) is 34.4 Å². The van der Waals surface area contributed by atoms with Crippen LogP contribution in [0.4, 0.5) is 19.1 Å². The first-order chi connectivity index (χ1) is 13.8. The minimum Gasteiger partial charge on any atom is -0.369 e. The number of amides is 1. The van der Waals surface area contributed by atoms with Gasteiger partial charge >= 0.3 is 6.18 Å². The van der Waals surface area contributed by atoms with Crippen molar-refractivity contribution in [3.63, 3.8) is 0 Å². The number of rotatable bonds is 4. The zero-order valence-corrected chi connectivity index (χ0v) is 15.8. The summed E-state index contributed by atoms with van der Waals surface area (Å²) < 4.78 is 39.4. The molecule has 1 aliphatic rings. The summed E-state index contributed by atoms with van der Waals surface area (Å²) in [7, 11) is 0. The number of nitrogens with two attached hydrogens (primary N) is 1. The van der Waals surface area contributed by atoms with Crippen LogP contribution >= 0.6 is 11.8 Å². The molecular formula is C17H16F3N7OS. The van der Waals surface area contributed by atoms with E-state index in [4.69, 9.17) is 5.73 Å². The Morgan fingerprint density at radius 2 is 2.00 bits per heavy atom. The number of nitrogens with one attached hydrogen (secondary N) is 1. The first-order valence-corrected chi connectivity index (χ1v) is 9.60. The van der Waals surface area contributed by atoms with Crippen LogP contribution in [-0.2, 0) is 11.0 Å². The third kappa shape index (κ3) is 4.11. The lowest BCUT2D eigenvalue weighted by atomic mass is 9.97. The number of aromatic nitrogens is 5. The zero-order chi connectivity index (χ0) is 20.6. The molecule has 1 saturated heterocycles. The van der Waals surface area contributed by atoms with E-state index in [-0.39, 0.29) is 21.7 Å². The molecule has 1 fully saturated rings. The molecule has 1 amide bonds. The Kier molecular flexibility index (Phi) is 5.03. The maximum atomic E-state index is 13.1. The van der Waals surface area contributed by atoms with Gasteiger partial charge in [-0.2, -0.15) is 18.2 Å². The number of aromatic amines is 1. The molecule has 4 rings (SSSR count). The summed E-state index contributed by atoms with van der Waals surface area (Å²) in [5.41, 5.74) is 5.13. The van der Waals surface area contributed by atoms with E-state index in [1.54, 1.807) is 0 Å². The van der Waals surface area contributed by atoms with Crippen molar-refractivity contribution in [1.29, 1.82) is 0 Å². The molecule has 0 saturated carbocycles. The highest BCUT2D eigenvalue weighted by molar-refractivity contribution is 7.99. The largest absolute Gasteiger partial charge is 0.434 e. The number of hydrogen-bond acceptors (Lipinski definition) is 7. The predicted molar refractivity (Wildman–Crippen MR) is 99.2 cm³/mol. The molecule has 0 atom stereocenters. The van der Waals surface area contributed by atoms with Gasteiger partial charge in [-0.3, -0.25) is 9.78 Å². The van der Waals surface area contributed by atoms with Crippen LogP contribution < -0.4 is 10.6 Å². The Labute approximate surface area is 167 Å². The van der Waals surface area contributed by atoms with E-state index >= 15 is 0 Å². The van der Waals surface area contributed by atoms with E-state index in [0.29, 0.717) is 43.2 Å². The van der Waals surface area contributed by atoms with Crippen molar-refractivity contribution < 1.29 is 18.0 Å². The van der Waals surface area contributed by atoms with Gasteiger partial charge in [0.05, 0.1) is 6.20 Å². The minimum atomic E-state index is -4.56. The van der Waals surface area contributed by atoms with Crippen molar-refractivity contribution in [3.05, 3.63) is 30.2 Å². The molecule has 3 aromatic heterocycles. The number of primary amides is 1. The second kappa shape index (κ2) is 7.50. The number of carbonyl (C=O) groups excluding carboxylic acids is 1. The van der Waals surface area contributed by atoms with Crippen molar-refractivity contribution in [1.82, 2.24) is 24.9 Å². The molecule has 152 valence electrons. The molecule has 4 heterocycles. The van der Waals surface area contributed by atoms with Gasteiger partial charge in [-0.05, 0) is 25.0 Å². The SMILES string of the molecule is NC(=O)C1CCN(c2nc3nc(Sc4cccnc4C(F)(F)F)cnc3[nH]2)CC1.